The highest BCUT2D eigenvalue weighted by molar-refractivity contribution is 6.68. The molecule has 0 N–H and O–H groups in total. The minimum absolute atomic E-state index is 0.221. The number of hydrogen-bond donors (Lipinski definition) is 0. The highest BCUT2D eigenvalue weighted by Crippen LogP contribution is 2.87. The van der Waals surface area contributed by atoms with E-state index >= 15 is 0 Å². The highest BCUT2D eigenvalue weighted by Gasteiger charge is 2.97. The van der Waals surface area contributed by atoms with Crippen LogP contribution >= 0.6 is 81.2 Å². The Labute approximate surface area is 121 Å². The lowest BCUT2D eigenvalue weighted by Crippen LogP contribution is -2.94. The number of fused-ring (bicyclic) bond motifs is 4. The summed E-state index contributed by atoms with van der Waals surface area (Å²) in [5, 5.41) is 0.818. The van der Waals surface area contributed by atoms with Gasteiger partial charge < -0.3 is 0 Å². The minimum Gasteiger partial charge on any atom is -0.110 e. The molecule has 0 amide bonds. The lowest BCUT2D eigenvalue weighted by molar-refractivity contribution is 0.160. The maximum atomic E-state index is 6.30. The van der Waals surface area contributed by atoms with E-state index in [0.717, 1.165) is 0 Å². The Morgan fingerprint density at radius 2 is 1.20 bits per heavy atom. The average Bonchev–Trinajstić information content (AvgIpc) is 2.22. The predicted octanol–water partition coefficient (Wildman–Crippen LogP) is 4.75. The van der Waals surface area contributed by atoms with Gasteiger partial charge in [-0.15, -0.1) is 46.4 Å². The van der Waals surface area contributed by atoms with Gasteiger partial charge in [0.05, 0.1) is 10.1 Å². The summed E-state index contributed by atoms with van der Waals surface area (Å²) in [4.78, 5) is -4.56. The number of hydrogen-bond acceptors (Lipinski definition) is 0. The van der Waals surface area contributed by atoms with Crippen molar-refractivity contribution in [2.75, 3.05) is 0 Å². The van der Waals surface area contributed by atoms with Gasteiger partial charge in [-0.3, -0.25) is 0 Å². The molecule has 0 heterocycles. The smallest absolute Gasteiger partial charge is 0.110 e. The van der Waals surface area contributed by atoms with E-state index in [2.05, 4.69) is 0 Å². The van der Waals surface area contributed by atoms with Crippen LogP contribution in [-0.2, 0) is 0 Å². The van der Waals surface area contributed by atoms with Crippen molar-refractivity contribution in [1.29, 1.82) is 0 Å². The molecule has 0 radical (unpaired) electrons. The van der Waals surface area contributed by atoms with Gasteiger partial charge in [0.25, 0.3) is 0 Å². The molecule has 0 aliphatic heterocycles. The molecule has 0 aromatic carbocycles. The molecule has 0 nitrogen and oxygen atoms in total. The van der Waals surface area contributed by atoms with Crippen molar-refractivity contribution in [3.63, 3.8) is 0 Å². The Hall–Kier alpha value is 1.51. The second kappa shape index (κ2) is 2.59. The van der Waals surface area contributed by atoms with Crippen LogP contribution in [0.4, 0.5) is 0 Å². The lowest BCUT2D eigenvalue weighted by Gasteiger charge is -2.79. The SMILES string of the molecule is ClC1=C[C@]2(Cl)[C@@]1(Cl)[C@@]1(Cl)C(Cl)=C(Cl)[C@@]21Cl. The first kappa shape index (κ1) is 11.6. The molecular weight excluding hydrogens is 344 g/mol. The molecule has 0 aromatic rings. The molecule has 15 heavy (non-hydrogen) atoms. The molecule has 1 fully saturated rings. The van der Waals surface area contributed by atoms with Crippen molar-refractivity contribution >= 4 is 81.2 Å². The summed E-state index contributed by atoms with van der Waals surface area (Å²) in [6, 6.07) is 0. The van der Waals surface area contributed by atoms with Gasteiger partial charge >= 0.3 is 0 Å². The molecule has 3 aliphatic rings. The Kier molecular flexibility index (Phi) is 2.00. The second-order valence-electron chi connectivity index (χ2n) is 3.81. The van der Waals surface area contributed by atoms with Crippen LogP contribution in [0.3, 0.4) is 0 Å². The van der Waals surface area contributed by atoms with Crippen LogP contribution in [0.25, 0.3) is 0 Å². The monoisotopic (exact) mass is 342 g/mol. The molecular formula is C8HCl7. The van der Waals surface area contributed by atoms with Gasteiger partial charge in [0, 0.05) is 5.03 Å². The van der Waals surface area contributed by atoms with Gasteiger partial charge in [-0.05, 0) is 6.08 Å². The van der Waals surface area contributed by atoms with Crippen molar-refractivity contribution in [2.45, 2.75) is 19.5 Å². The Morgan fingerprint density at radius 3 is 1.67 bits per heavy atom. The Bertz CT molecular complexity index is 468. The third kappa shape index (κ3) is 0.680. The molecule has 0 spiro atoms. The third-order valence-corrected chi connectivity index (χ3v) is 8.50. The normalized spacial score (nSPS) is 60.9. The van der Waals surface area contributed by atoms with Crippen LogP contribution in [0.2, 0.25) is 0 Å². The van der Waals surface area contributed by atoms with Crippen molar-refractivity contribution in [1.82, 2.24) is 0 Å². The number of rotatable bonds is 0. The van der Waals surface area contributed by atoms with E-state index < -0.39 is 19.5 Å². The zero-order valence-electron chi connectivity index (χ0n) is 6.72. The zero-order chi connectivity index (χ0) is 11.4. The summed E-state index contributed by atoms with van der Waals surface area (Å²) in [5.74, 6) is 0. The van der Waals surface area contributed by atoms with Gasteiger partial charge in [-0.1, -0.05) is 34.8 Å². The molecule has 82 valence electrons. The Balaban J connectivity index is 2.29. The van der Waals surface area contributed by atoms with E-state index in [4.69, 9.17) is 81.2 Å². The molecule has 0 saturated heterocycles. The summed E-state index contributed by atoms with van der Waals surface area (Å²) >= 11 is 43.0. The maximum absolute atomic E-state index is 6.30. The number of allylic oxidation sites excluding steroid dienone is 4. The quantitative estimate of drug-likeness (QED) is 0.556. The van der Waals surface area contributed by atoms with Crippen molar-refractivity contribution in [2.24, 2.45) is 0 Å². The van der Waals surface area contributed by atoms with Crippen LogP contribution in [0, 0.1) is 0 Å². The average molecular weight is 345 g/mol. The molecule has 0 aromatic heterocycles. The first-order valence-electron chi connectivity index (χ1n) is 3.90. The number of halogens is 7. The maximum Gasteiger partial charge on any atom is 0.134 e. The molecule has 0 bridgehead atoms. The van der Waals surface area contributed by atoms with E-state index in [1.165, 1.54) is 0 Å². The fourth-order valence-electron chi connectivity index (χ4n) is 2.50. The van der Waals surface area contributed by atoms with E-state index in [9.17, 15) is 0 Å². The van der Waals surface area contributed by atoms with Gasteiger partial charge in [0.2, 0.25) is 0 Å². The van der Waals surface area contributed by atoms with Gasteiger partial charge in [0.1, 0.15) is 19.5 Å². The largest absolute Gasteiger partial charge is 0.134 e. The van der Waals surface area contributed by atoms with E-state index in [1.807, 2.05) is 0 Å². The van der Waals surface area contributed by atoms with Gasteiger partial charge in [-0.25, -0.2) is 0 Å². The summed E-state index contributed by atoms with van der Waals surface area (Å²) < 4.78 is 0. The summed E-state index contributed by atoms with van der Waals surface area (Å²) in [6.07, 6.45) is 1.56. The first-order chi connectivity index (χ1) is 6.69. The molecule has 0 unspecified atom stereocenters. The molecule has 1 saturated carbocycles. The van der Waals surface area contributed by atoms with Crippen LogP contribution in [0.5, 0.6) is 0 Å². The van der Waals surface area contributed by atoms with Crippen LogP contribution in [0.1, 0.15) is 0 Å². The van der Waals surface area contributed by atoms with Crippen molar-refractivity contribution in [3.8, 4) is 0 Å². The summed E-state index contributed by atoms with van der Waals surface area (Å²) in [7, 11) is 0. The fourth-order valence-corrected chi connectivity index (χ4v) is 6.64. The van der Waals surface area contributed by atoms with E-state index in [-0.39, 0.29) is 10.1 Å². The third-order valence-electron chi connectivity index (χ3n) is 3.40. The van der Waals surface area contributed by atoms with Crippen molar-refractivity contribution in [3.05, 3.63) is 21.2 Å². The summed E-state index contributed by atoms with van der Waals surface area (Å²) in [5.41, 5.74) is 0. The molecule has 3 rings (SSSR count). The van der Waals surface area contributed by atoms with Crippen LogP contribution in [0.15, 0.2) is 21.2 Å². The van der Waals surface area contributed by atoms with Crippen LogP contribution in [-0.4, -0.2) is 19.5 Å². The lowest BCUT2D eigenvalue weighted by atomic mass is 9.43. The highest BCUT2D eigenvalue weighted by atomic mass is 35.5. The fraction of sp³-hybridized carbons (Fsp3) is 0.500. The van der Waals surface area contributed by atoms with Gasteiger partial charge in [0.15, 0.2) is 0 Å². The summed E-state index contributed by atoms with van der Waals surface area (Å²) in [6.45, 7) is 0. The topological polar surface area (TPSA) is 0 Å². The first-order valence-corrected chi connectivity index (χ1v) is 6.55. The van der Waals surface area contributed by atoms with E-state index in [0.29, 0.717) is 5.03 Å². The van der Waals surface area contributed by atoms with E-state index in [1.54, 1.807) is 6.08 Å². The second-order valence-corrected chi connectivity index (χ2v) is 7.27. The Morgan fingerprint density at radius 1 is 0.733 bits per heavy atom. The van der Waals surface area contributed by atoms with Gasteiger partial charge in [-0.2, -0.15) is 0 Å². The molecule has 3 aliphatic carbocycles. The molecule has 4 atom stereocenters. The zero-order valence-corrected chi connectivity index (χ0v) is 12.0. The van der Waals surface area contributed by atoms with Crippen LogP contribution < -0.4 is 0 Å². The van der Waals surface area contributed by atoms with Crippen molar-refractivity contribution < 1.29 is 0 Å². The predicted molar refractivity (Wildman–Crippen MR) is 67.0 cm³/mol. The number of alkyl halides is 4. The standard InChI is InChI=1S/C8HCl7/c9-2-1-5(12)6(2,13)8(15)4(11)3(10)7(5,8)14/h1H/t5-,6+,7+,8-/m0/s1. The molecule has 7 heteroatoms. The minimum atomic E-state index is -1.20.